The Labute approximate surface area is 148 Å². The third kappa shape index (κ3) is 4.12. The van der Waals surface area contributed by atoms with Crippen LogP contribution in [0, 0.1) is 0 Å². The van der Waals surface area contributed by atoms with E-state index in [2.05, 4.69) is 42.7 Å². The van der Waals surface area contributed by atoms with Gasteiger partial charge in [-0.1, -0.05) is 32.0 Å². The summed E-state index contributed by atoms with van der Waals surface area (Å²) < 4.78 is 5.52. The minimum absolute atomic E-state index is 0.0524. The second-order valence-electron chi connectivity index (χ2n) is 7.29. The molecular formula is C19H27N3O3. The molecule has 1 aliphatic carbocycles. The minimum Gasteiger partial charge on any atom is -0.367 e. The molecule has 136 valence electrons. The van der Waals surface area contributed by atoms with Crippen LogP contribution in [0.3, 0.4) is 0 Å². The molecule has 25 heavy (non-hydrogen) atoms. The summed E-state index contributed by atoms with van der Waals surface area (Å²) in [5.74, 6) is 0.0357. The second-order valence-corrected chi connectivity index (χ2v) is 7.29. The van der Waals surface area contributed by atoms with E-state index in [0.717, 1.165) is 19.3 Å². The molecule has 1 aromatic carbocycles. The Kier molecular flexibility index (Phi) is 5.27. The van der Waals surface area contributed by atoms with E-state index in [0.29, 0.717) is 18.9 Å². The molecule has 0 saturated carbocycles. The molecule has 6 nitrogen and oxygen atoms in total. The van der Waals surface area contributed by atoms with Crippen molar-refractivity contribution in [2.45, 2.75) is 63.7 Å². The van der Waals surface area contributed by atoms with E-state index < -0.39 is 12.0 Å². The maximum absolute atomic E-state index is 12.2. The number of urea groups is 1. The highest BCUT2D eigenvalue weighted by atomic mass is 16.5. The highest BCUT2D eigenvalue weighted by molar-refractivity contribution is 5.79. The summed E-state index contributed by atoms with van der Waals surface area (Å²) in [6.45, 7) is 4.74. The van der Waals surface area contributed by atoms with E-state index in [1.165, 1.54) is 16.7 Å². The normalized spacial score (nSPS) is 25.0. The quantitative estimate of drug-likeness (QED) is 0.763. The SMILES string of the molecule is CC(C)c1ccc2c(c1)C(NC(=O)NCC1CCC(C(N)=O)O1)CC2. The zero-order valence-corrected chi connectivity index (χ0v) is 14.9. The number of aryl methyl sites for hydroxylation is 1. The van der Waals surface area contributed by atoms with Crippen molar-refractivity contribution in [2.75, 3.05) is 6.54 Å². The minimum atomic E-state index is -0.522. The van der Waals surface area contributed by atoms with Crippen LogP contribution in [0.2, 0.25) is 0 Å². The molecule has 1 aromatic rings. The summed E-state index contributed by atoms with van der Waals surface area (Å²) >= 11 is 0. The van der Waals surface area contributed by atoms with Gasteiger partial charge < -0.3 is 21.1 Å². The van der Waals surface area contributed by atoms with Gasteiger partial charge in [0.1, 0.15) is 6.10 Å². The third-order valence-electron chi connectivity index (χ3n) is 5.13. The molecule has 0 bridgehead atoms. The van der Waals surface area contributed by atoms with Gasteiger partial charge in [-0.05, 0) is 48.3 Å². The first-order valence-electron chi connectivity index (χ1n) is 9.06. The van der Waals surface area contributed by atoms with Crippen LogP contribution in [0.25, 0.3) is 0 Å². The van der Waals surface area contributed by atoms with Gasteiger partial charge in [0.25, 0.3) is 0 Å². The Bertz CT molecular complexity index is 659. The monoisotopic (exact) mass is 345 g/mol. The van der Waals surface area contributed by atoms with Crippen LogP contribution >= 0.6 is 0 Å². The van der Waals surface area contributed by atoms with E-state index in [1.54, 1.807) is 0 Å². The summed E-state index contributed by atoms with van der Waals surface area (Å²) in [5.41, 5.74) is 9.08. The molecule has 2 aliphatic rings. The molecule has 3 rings (SSSR count). The molecule has 0 aromatic heterocycles. The summed E-state index contributed by atoms with van der Waals surface area (Å²) in [6, 6.07) is 6.43. The number of primary amides is 1. The lowest BCUT2D eigenvalue weighted by Crippen LogP contribution is -2.41. The summed E-state index contributed by atoms with van der Waals surface area (Å²) in [4.78, 5) is 23.3. The summed E-state index contributed by atoms with van der Waals surface area (Å²) in [5, 5.41) is 5.91. The van der Waals surface area contributed by atoms with Gasteiger partial charge >= 0.3 is 6.03 Å². The van der Waals surface area contributed by atoms with E-state index in [4.69, 9.17) is 10.5 Å². The third-order valence-corrected chi connectivity index (χ3v) is 5.13. The fraction of sp³-hybridized carbons (Fsp3) is 0.579. The topological polar surface area (TPSA) is 93.5 Å². The van der Waals surface area contributed by atoms with Crippen LogP contribution in [0.15, 0.2) is 18.2 Å². The lowest BCUT2D eigenvalue weighted by molar-refractivity contribution is -0.128. The van der Waals surface area contributed by atoms with Gasteiger partial charge in [-0.3, -0.25) is 4.79 Å². The van der Waals surface area contributed by atoms with E-state index in [9.17, 15) is 9.59 Å². The molecule has 1 saturated heterocycles. The highest BCUT2D eigenvalue weighted by Gasteiger charge is 2.30. The standard InChI is InChI=1S/C19H27N3O3/c1-11(2)13-4-3-12-5-7-16(15(12)9-13)22-19(24)21-10-14-6-8-17(25-14)18(20)23/h3-4,9,11,14,16-17H,5-8,10H2,1-2H3,(H2,20,23)(H2,21,22,24). The number of rotatable bonds is 5. The number of nitrogens with one attached hydrogen (secondary N) is 2. The molecule has 0 spiro atoms. The van der Waals surface area contributed by atoms with Crippen molar-refractivity contribution in [3.8, 4) is 0 Å². The van der Waals surface area contributed by atoms with Crippen molar-refractivity contribution in [1.29, 1.82) is 0 Å². The molecule has 6 heteroatoms. The van der Waals surface area contributed by atoms with Crippen molar-refractivity contribution in [3.05, 3.63) is 34.9 Å². The number of hydrogen-bond donors (Lipinski definition) is 3. The number of benzene rings is 1. The lowest BCUT2D eigenvalue weighted by Gasteiger charge is -2.18. The van der Waals surface area contributed by atoms with Gasteiger partial charge in [-0.2, -0.15) is 0 Å². The predicted molar refractivity (Wildman–Crippen MR) is 95.2 cm³/mol. The number of hydrogen-bond acceptors (Lipinski definition) is 3. The molecule has 1 fully saturated rings. The number of amides is 3. The number of fused-ring (bicyclic) bond motifs is 1. The predicted octanol–water partition coefficient (Wildman–Crippen LogP) is 2.13. The molecular weight excluding hydrogens is 318 g/mol. The zero-order valence-electron chi connectivity index (χ0n) is 14.9. The maximum Gasteiger partial charge on any atom is 0.315 e. The number of carbonyl (C=O) groups is 2. The van der Waals surface area contributed by atoms with E-state index in [1.807, 2.05) is 0 Å². The van der Waals surface area contributed by atoms with Crippen LogP contribution in [0.4, 0.5) is 4.79 Å². The van der Waals surface area contributed by atoms with Gasteiger partial charge in [-0.25, -0.2) is 4.79 Å². The fourth-order valence-corrected chi connectivity index (χ4v) is 3.61. The van der Waals surface area contributed by atoms with Crippen molar-refractivity contribution in [3.63, 3.8) is 0 Å². The molecule has 1 heterocycles. The molecule has 0 radical (unpaired) electrons. The first-order valence-corrected chi connectivity index (χ1v) is 9.06. The summed E-state index contributed by atoms with van der Waals surface area (Å²) in [7, 11) is 0. The Balaban J connectivity index is 1.52. The van der Waals surface area contributed by atoms with Crippen LogP contribution in [-0.4, -0.2) is 30.7 Å². The zero-order chi connectivity index (χ0) is 18.0. The van der Waals surface area contributed by atoms with Gasteiger partial charge in [0.2, 0.25) is 5.91 Å². The fourth-order valence-electron chi connectivity index (χ4n) is 3.61. The Morgan fingerprint density at radius 2 is 2.08 bits per heavy atom. The largest absolute Gasteiger partial charge is 0.367 e. The van der Waals surface area contributed by atoms with Crippen LogP contribution in [0.1, 0.15) is 61.8 Å². The summed E-state index contributed by atoms with van der Waals surface area (Å²) in [6.07, 6.45) is 2.60. The van der Waals surface area contributed by atoms with Crippen molar-refractivity contribution >= 4 is 11.9 Å². The smallest absolute Gasteiger partial charge is 0.315 e. The van der Waals surface area contributed by atoms with Crippen LogP contribution < -0.4 is 16.4 Å². The molecule has 3 amide bonds. The first-order chi connectivity index (χ1) is 11.9. The number of carbonyl (C=O) groups excluding carboxylic acids is 2. The van der Waals surface area contributed by atoms with Crippen molar-refractivity contribution in [1.82, 2.24) is 10.6 Å². The molecule has 1 aliphatic heterocycles. The average molecular weight is 345 g/mol. The lowest BCUT2D eigenvalue weighted by atomic mass is 9.97. The second kappa shape index (κ2) is 7.44. The van der Waals surface area contributed by atoms with Gasteiger partial charge in [0.15, 0.2) is 0 Å². The Morgan fingerprint density at radius 1 is 1.28 bits per heavy atom. The number of nitrogens with two attached hydrogens (primary N) is 1. The Morgan fingerprint density at radius 3 is 2.76 bits per heavy atom. The van der Waals surface area contributed by atoms with Gasteiger partial charge in [0.05, 0.1) is 12.1 Å². The van der Waals surface area contributed by atoms with Crippen LogP contribution in [-0.2, 0) is 16.0 Å². The van der Waals surface area contributed by atoms with Gasteiger partial charge in [0, 0.05) is 6.54 Å². The molecule has 3 atom stereocenters. The van der Waals surface area contributed by atoms with Crippen LogP contribution in [0.5, 0.6) is 0 Å². The van der Waals surface area contributed by atoms with Crippen molar-refractivity contribution < 1.29 is 14.3 Å². The first kappa shape index (κ1) is 17.7. The average Bonchev–Trinajstić information content (AvgIpc) is 3.20. The van der Waals surface area contributed by atoms with Gasteiger partial charge in [-0.15, -0.1) is 0 Å². The van der Waals surface area contributed by atoms with Crippen molar-refractivity contribution in [2.24, 2.45) is 5.73 Å². The molecule has 3 unspecified atom stereocenters. The molecule has 4 N–H and O–H groups in total. The van der Waals surface area contributed by atoms with E-state index in [-0.39, 0.29) is 18.2 Å². The maximum atomic E-state index is 12.2. The number of ether oxygens (including phenoxy) is 1. The Hall–Kier alpha value is -2.08. The van der Waals surface area contributed by atoms with E-state index >= 15 is 0 Å². The highest BCUT2D eigenvalue weighted by Crippen LogP contribution is 2.33.